The smallest absolute Gasteiger partial charge is 0.322 e. The molecule has 0 atom stereocenters. The lowest BCUT2D eigenvalue weighted by Crippen LogP contribution is -2.54. The van der Waals surface area contributed by atoms with Crippen molar-refractivity contribution in [2.45, 2.75) is 36.8 Å². The number of benzene rings is 2. The summed E-state index contributed by atoms with van der Waals surface area (Å²) in [7, 11) is 4.29. The first kappa shape index (κ1) is 21.5. The first-order valence-electron chi connectivity index (χ1n) is 11.3. The van der Waals surface area contributed by atoms with Gasteiger partial charge in [0.2, 0.25) is 0 Å². The molecular formula is C26H28FN5O. The summed E-state index contributed by atoms with van der Waals surface area (Å²) in [4.78, 5) is 25.8. The van der Waals surface area contributed by atoms with Gasteiger partial charge < -0.3 is 5.32 Å². The SMILES string of the molecule is CN(C)[C@]1(c2ccccc2)CC[C@]2(CC1)CN(c1cnc(-c3ccc(F)cc3)nc1)C(=O)N2. The van der Waals surface area contributed by atoms with Crippen LogP contribution in [0.5, 0.6) is 0 Å². The van der Waals surface area contributed by atoms with Crippen LogP contribution < -0.4 is 10.2 Å². The Balaban J connectivity index is 1.32. The van der Waals surface area contributed by atoms with Crippen molar-refractivity contribution in [2.75, 3.05) is 25.5 Å². The topological polar surface area (TPSA) is 61.4 Å². The van der Waals surface area contributed by atoms with Gasteiger partial charge in [0.05, 0.1) is 30.2 Å². The summed E-state index contributed by atoms with van der Waals surface area (Å²) in [5.74, 6) is 0.205. The summed E-state index contributed by atoms with van der Waals surface area (Å²) in [6, 6.07) is 16.6. The fourth-order valence-corrected chi connectivity index (χ4v) is 5.29. The number of urea groups is 1. The van der Waals surface area contributed by atoms with Crippen LogP contribution in [0, 0.1) is 5.82 Å². The fraction of sp³-hybridized carbons (Fsp3) is 0.346. The van der Waals surface area contributed by atoms with E-state index in [-0.39, 0.29) is 22.9 Å². The highest BCUT2D eigenvalue weighted by molar-refractivity contribution is 5.95. The molecule has 170 valence electrons. The molecule has 33 heavy (non-hydrogen) atoms. The molecule has 1 aliphatic carbocycles. The lowest BCUT2D eigenvalue weighted by molar-refractivity contribution is 0.0658. The number of nitrogens with one attached hydrogen (secondary N) is 1. The Bertz CT molecular complexity index is 1120. The maximum absolute atomic E-state index is 13.2. The van der Waals surface area contributed by atoms with Crippen molar-refractivity contribution in [3.05, 3.63) is 78.4 Å². The number of nitrogens with zero attached hydrogens (tertiary/aromatic N) is 4. The van der Waals surface area contributed by atoms with Crippen LogP contribution in [0.1, 0.15) is 31.2 Å². The molecule has 6 nitrogen and oxygen atoms in total. The summed E-state index contributed by atoms with van der Waals surface area (Å²) < 4.78 is 13.2. The summed E-state index contributed by atoms with van der Waals surface area (Å²) in [6.45, 7) is 0.601. The number of hydrogen-bond donors (Lipinski definition) is 1. The van der Waals surface area contributed by atoms with E-state index in [1.165, 1.54) is 17.7 Å². The minimum Gasteiger partial charge on any atom is -0.330 e. The number of halogens is 1. The van der Waals surface area contributed by atoms with Crippen LogP contribution in [0.2, 0.25) is 0 Å². The van der Waals surface area contributed by atoms with Crippen molar-refractivity contribution in [3.63, 3.8) is 0 Å². The molecule has 7 heteroatoms. The van der Waals surface area contributed by atoms with Gasteiger partial charge in [-0.1, -0.05) is 30.3 Å². The third-order valence-electron chi connectivity index (χ3n) is 7.33. The first-order chi connectivity index (χ1) is 15.9. The normalized spacial score (nSPS) is 25.0. The van der Waals surface area contributed by atoms with Crippen LogP contribution in [0.3, 0.4) is 0 Å². The van der Waals surface area contributed by atoms with E-state index in [1.807, 2.05) is 0 Å². The van der Waals surface area contributed by atoms with Gasteiger partial charge in [0.25, 0.3) is 0 Å². The van der Waals surface area contributed by atoms with Crippen LogP contribution >= 0.6 is 0 Å². The summed E-state index contributed by atoms with van der Waals surface area (Å²) in [6.07, 6.45) is 7.08. The molecule has 2 aromatic carbocycles. The lowest BCUT2D eigenvalue weighted by Gasteiger charge is -2.48. The summed E-state index contributed by atoms with van der Waals surface area (Å²) >= 11 is 0. The van der Waals surface area contributed by atoms with E-state index < -0.39 is 0 Å². The summed E-state index contributed by atoms with van der Waals surface area (Å²) in [5.41, 5.74) is 2.46. The molecule has 1 saturated carbocycles. The van der Waals surface area contributed by atoms with Gasteiger partial charge >= 0.3 is 6.03 Å². The molecule has 1 spiro atoms. The molecule has 1 aliphatic heterocycles. The largest absolute Gasteiger partial charge is 0.330 e. The second-order valence-electron chi connectivity index (χ2n) is 9.36. The second kappa shape index (κ2) is 8.23. The second-order valence-corrected chi connectivity index (χ2v) is 9.36. The number of rotatable bonds is 4. The number of hydrogen-bond acceptors (Lipinski definition) is 4. The Morgan fingerprint density at radius 1 is 0.939 bits per heavy atom. The van der Waals surface area contributed by atoms with Crippen LogP contribution in [0.15, 0.2) is 67.0 Å². The molecule has 2 aliphatic rings. The summed E-state index contributed by atoms with van der Waals surface area (Å²) in [5, 5.41) is 3.27. The average Bonchev–Trinajstić information content (AvgIpc) is 3.16. The molecule has 0 radical (unpaired) electrons. The molecular weight excluding hydrogens is 417 g/mol. The van der Waals surface area contributed by atoms with Crippen molar-refractivity contribution in [1.29, 1.82) is 0 Å². The molecule has 1 saturated heterocycles. The standard InChI is InChI=1S/C26H28FN5O/c1-31(2)26(20-6-4-3-5-7-20)14-12-25(13-15-26)18-32(24(33)30-25)22-16-28-23(29-17-22)19-8-10-21(27)11-9-19/h3-11,16-17H,12-15,18H2,1-2H3,(H,30,33)/t25-,26+. The van der Waals surface area contributed by atoms with Gasteiger partial charge in [-0.15, -0.1) is 0 Å². The van der Waals surface area contributed by atoms with Crippen LogP contribution in [0.25, 0.3) is 11.4 Å². The Labute approximate surface area is 193 Å². The number of amides is 2. The highest BCUT2D eigenvalue weighted by Gasteiger charge is 2.50. The third-order valence-corrected chi connectivity index (χ3v) is 7.33. The molecule has 2 heterocycles. The number of carbonyl (C=O) groups excluding carboxylic acids is 1. The number of anilines is 1. The van der Waals surface area contributed by atoms with E-state index in [1.54, 1.807) is 29.4 Å². The van der Waals surface area contributed by atoms with Crippen molar-refractivity contribution in [1.82, 2.24) is 20.2 Å². The molecule has 3 aromatic rings. The van der Waals surface area contributed by atoms with Gasteiger partial charge in [0.1, 0.15) is 5.82 Å². The van der Waals surface area contributed by atoms with E-state index in [4.69, 9.17) is 0 Å². The third kappa shape index (κ3) is 3.86. The van der Waals surface area contributed by atoms with Crippen molar-refractivity contribution in [3.8, 4) is 11.4 Å². The van der Waals surface area contributed by atoms with Crippen LogP contribution in [0.4, 0.5) is 14.9 Å². The quantitative estimate of drug-likeness (QED) is 0.639. The zero-order valence-electron chi connectivity index (χ0n) is 19.0. The van der Waals surface area contributed by atoms with E-state index in [2.05, 4.69) is 64.6 Å². The zero-order chi connectivity index (χ0) is 23.1. The fourth-order valence-electron chi connectivity index (χ4n) is 5.29. The van der Waals surface area contributed by atoms with Crippen molar-refractivity contribution in [2.24, 2.45) is 0 Å². The Morgan fingerprint density at radius 2 is 1.58 bits per heavy atom. The molecule has 2 amide bonds. The van der Waals surface area contributed by atoms with Gasteiger partial charge in [-0.3, -0.25) is 9.80 Å². The van der Waals surface area contributed by atoms with Crippen LogP contribution in [-0.2, 0) is 5.54 Å². The van der Waals surface area contributed by atoms with Crippen molar-refractivity contribution >= 4 is 11.7 Å². The van der Waals surface area contributed by atoms with Gasteiger partial charge in [0.15, 0.2) is 5.82 Å². The van der Waals surface area contributed by atoms with Gasteiger partial charge in [-0.05, 0) is 69.6 Å². The molecule has 1 N–H and O–H groups in total. The highest BCUT2D eigenvalue weighted by Crippen LogP contribution is 2.46. The van der Waals surface area contributed by atoms with E-state index >= 15 is 0 Å². The minimum absolute atomic E-state index is 0.0232. The molecule has 0 unspecified atom stereocenters. The predicted molar refractivity (Wildman–Crippen MR) is 126 cm³/mol. The maximum atomic E-state index is 13.2. The zero-order valence-corrected chi connectivity index (χ0v) is 19.0. The predicted octanol–water partition coefficient (Wildman–Crippen LogP) is 4.58. The maximum Gasteiger partial charge on any atom is 0.322 e. The number of aromatic nitrogens is 2. The molecule has 1 aromatic heterocycles. The molecule has 0 bridgehead atoms. The Kier molecular flexibility index (Phi) is 5.37. The highest BCUT2D eigenvalue weighted by atomic mass is 19.1. The van der Waals surface area contributed by atoms with Crippen molar-refractivity contribution < 1.29 is 9.18 Å². The monoisotopic (exact) mass is 445 g/mol. The van der Waals surface area contributed by atoms with E-state index in [0.29, 0.717) is 18.1 Å². The molecule has 5 rings (SSSR count). The van der Waals surface area contributed by atoms with Gasteiger partial charge in [0, 0.05) is 11.1 Å². The number of carbonyl (C=O) groups is 1. The minimum atomic E-state index is -0.299. The average molecular weight is 446 g/mol. The van der Waals surface area contributed by atoms with E-state index in [9.17, 15) is 9.18 Å². The molecule has 2 fully saturated rings. The first-order valence-corrected chi connectivity index (χ1v) is 11.3. The Morgan fingerprint density at radius 3 is 2.18 bits per heavy atom. The van der Waals surface area contributed by atoms with Gasteiger partial charge in [-0.25, -0.2) is 19.2 Å². The van der Waals surface area contributed by atoms with Gasteiger partial charge in [-0.2, -0.15) is 0 Å². The van der Waals surface area contributed by atoms with Crippen LogP contribution in [-0.4, -0.2) is 47.1 Å². The lowest BCUT2D eigenvalue weighted by atomic mass is 9.69. The Hall–Kier alpha value is -3.32. The van der Waals surface area contributed by atoms with E-state index in [0.717, 1.165) is 31.2 Å².